The van der Waals surface area contributed by atoms with Gasteiger partial charge in [0.1, 0.15) is 24.1 Å². The summed E-state index contributed by atoms with van der Waals surface area (Å²) in [6.45, 7) is 0.195. The number of carbonyl (C=O) groups is 3. The molecule has 0 unspecified atom stereocenters. The van der Waals surface area contributed by atoms with Crippen LogP contribution in [0.1, 0.15) is 17.5 Å². The third-order valence-electron chi connectivity index (χ3n) is 4.67. The molecule has 0 bridgehead atoms. The van der Waals surface area contributed by atoms with Crippen LogP contribution < -0.4 is 14.8 Å². The molecule has 0 radical (unpaired) electrons. The minimum Gasteiger partial charge on any atom is -0.497 e. The van der Waals surface area contributed by atoms with E-state index in [1.165, 1.54) is 26.2 Å². The maximum Gasteiger partial charge on any atom is 0.408 e. The summed E-state index contributed by atoms with van der Waals surface area (Å²) in [6, 6.07) is 13.2. The Hall–Kier alpha value is -3.75. The molecule has 2 rings (SSSR count). The molecule has 172 valence electrons. The Morgan fingerprint density at radius 3 is 2.34 bits per heavy atom. The highest BCUT2D eigenvalue weighted by atomic mass is 16.5. The fraction of sp³-hybridized carbons (Fsp3) is 0.348. The Bertz CT molecular complexity index is 918. The summed E-state index contributed by atoms with van der Waals surface area (Å²) in [4.78, 5) is 38.5. The molecule has 32 heavy (non-hydrogen) atoms. The van der Waals surface area contributed by atoms with Gasteiger partial charge in [0, 0.05) is 19.2 Å². The zero-order valence-corrected chi connectivity index (χ0v) is 18.6. The standard InChI is InChI=1S/C23H28N2O7/c1-25(14-17-12-18(29-2)10-11-20(17)30-3)22(27)19(13-21(26)31-4)24-23(28)32-15-16-8-6-5-7-9-16/h5-12,19H,13-15H2,1-4H3,(H,24,28)/t19-/m0/s1. The topological polar surface area (TPSA) is 103 Å². The zero-order chi connectivity index (χ0) is 23.5. The summed E-state index contributed by atoms with van der Waals surface area (Å²) in [6.07, 6.45) is -1.15. The minimum absolute atomic E-state index is 0.0304. The van der Waals surface area contributed by atoms with Gasteiger partial charge >= 0.3 is 12.1 Å². The lowest BCUT2D eigenvalue weighted by molar-refractivity contribution is -0.144. The quantitative estimate of drug-likeness (QED) is 0.562. The number of methoxy groups -OCH3 is 3. The molecule has 0 heterocycles. The van der Waals surface area contributed by atoms with Crippen molar-refractivity contribution in [3.05, 3.63) is 59.7 Å². The van der Waals surface area contributed by atoms with Crippen molar-refractivity contribution >= 4 is 18.0 Å². The first-order chi connectivity index (χ1) is 15.4. The van der Waals surface area contributed by atoms with Crippen LogP contribution in [0.2, 0.25) is 0 Å². The molecule has 2 aromatic carbocycles. The Kier molecular flexibility index (Phi) is 9.34. The fourth-order valence-electron chi connectivity index (χ4n) is 2.96. The molecule has 1 atom stereocenters. The van der Waals surface area contributed by atoms with Gasteiger partial charge in [-0.3, -0.25) is 9.59 Å². The number of likely N-dealkylation sites (N-methyl/N-ethyl adjacent to an activating group) is 1. The van der Waals surface area contributed by atoms with Crippen LogP contribution in [0, 0.1) is 0 Å². The Labute approximate surface area is 187 Å². The lowest BCUT2D eigenvalue weighted by atomic mass is 10.1. The van der Waals surface area contributed by atoms with Crippen molar-refractivity contribution in [3.63, 3.8) is 0 Å². The van der Waals surface area contributed by atoms with E-state index in [-0.39, 0.29) is 19.6 Å². The highest BCUT2D eigenvalue weighted by Crippen LogP contribution is 2.25. The number of ether oxygens (including phenoxy) is 4. The van der Waals surface area contributed by atoms with Gasteiger partial charge in [0.2, 0.25) is 5.91 Å². The molecule has 0 aliphatic heterocycles. The summed E-state index contributed by atoms with van der Waals surface area (Å²) in [5.74, 6) is 0.0524. The van der Waals surface area contributed by atoms with Gasteiger partial charge in [0.25, 0.3) is 0 Å². The van der Waals surface area contributed by atoms with E-state index >= 15 is 0 Å². The van der Waals surface area contributed by atoms with E-state index in [9.17, 15) is 14.4 Å². The van der Waals surface area contributed by atoms with Crippen LogP contribution >= 0.6 is 0 Å². The number of alkyl carbamates (subject to hydrolysis) is 1. The van der Waals surface area contributed by atoms with Crippen LogP contribution in [0.5, 0.6) is 11.5 Å². The Morgan fingerprint density at radius 1 is 1.00 bits per heavy atom. The Morgan fingerprint density at radius 2 is 1.72 bits per heavy atom. The second-order valence-electron chi connectivity index (χ2n) is 6.91. The first-order valence-corrected chi connectivity index (χ1v) is 9.87. The van der Waals surface area contributed by atoms with Crippen LogP contribution in [0.25, 0.3) is 0 Å². The maximum atomic E-state index is 13.0. The second-order valence-corrected chi connectivity index (χ2v) is 6.91. The average molecular weight is 444 g/mol. The molecule has 0 aliphatic rings. The molecule has 0 aliphatic carbocycles. The summed E-state index contributed by atoms with van der Waals surface area (Å²) < 4.78 is 20.4. The minimum atomic E-state index is -1.16. The second kappa shape index (κ2) is 12.2. The van der Waals surface area contributed by atoms with E-state index in [4.69, 9.17) is 14.2 Å². The maximum absolute atomic E-state index is 13.0. The first kappa shape index (κ1) is 24.5. The van der Waals surface area contributed by atoms with E-state index in [0.29, 0.717) is 17.1 Å². The predicted octanol–water partition coefficient (Wildman–Crippen LogP) is 2.52. The van der Waals surface area contributed by atoms with Crippen LogP contribution in [0.3, 0.4) is 0 Å². The van der Waals surface area contributed by atoms with Crippen molar-refractivity contribution in [3.8, 4) is 11.5 Å². The largest absolute Gasteiger partial charge is 0.497 e. The van der Waals surface area contributed by atoms with Gasteiger partial charge in [0.15, 0.2) is 0 Å². The van der Waals surface area contributed by atoms with Gasteiger partial charge < -0.3 is 29.2 Å². The van der Waals surface area contributed by atoms with Crippen LogP contribution in [-0.2, 0) is 32.2 Å². The zero-order valence-electron chi connectivity index (χ0n) is 18.6. The number of hydrogen-bond acceptors (Lipinski definition) is 7. The summed E-state index contributed by atoms with van der Waals surface area (Å²) in [5.41, 5.74) is 1.49. The highest BCUT2D eigenvalue weighted by molar-refractivity contribution is 5.89. The monoisotopic (exact) mass is 444 g/mol. The van der Waals surface area contributed by atoms with Crippen LogP contribution in [0.15, 0.2) is 48.5 Å². The Balaban J connectivity index is 2.08. The highest BCUT2D eigenvalue weighted by Gasteiger charge is 2.28. The van der Waals surface area contributed by atoms with Crippen molar-refractivity contribution in [1.82, 2.24) is 10.2 Å². The lowest BCUT2D eigenvalue weighted by Crippen LogP contribution is -2.48. The van der Waals surface area contributed by atoms with E-state index in [1.54, 1.807) is 37.4 Å². The van der Waals surface area contributed by atoms with Gasteiger partial charge in [-0.25, -0.2) is 4.79 Å². The number of carbonyl (C=O) groups excluding carboxylic acids is 3. The normalized spacial score (nSPS) is 11.1. The van der Waals surface area contributed by atoms with E-state index in [1.807, 2.05) is 18.2 Å². The fourth-order valence-corrected chi connectivity index (χ4v) is 2.96. The van der Waals surface area contributed by atoms with Crippen LogP contribution in [-0.4, -0.2) is 57.3 Å². The summed E-state index contributed by atoms with van der Waals surface area (Å²) in [5, 5.41) is 2.46. The van der Waals surface area contributed by atoms with Crippen molar-refractivity contribution in [2.75, 3.05) is 28.4 Å². The number of nitrogens with zero attached hydrogens (tertiary/aromatic N) is 1. The third-order valence-corrected chi connectivity index (χ3v) is 4.67. The van der Waals surface area contributed by atoms with E-state index < -0.39 is 24.0 Å². The molecule has 0 saturated carbocycles. The first-order valence-electron chi connectivity index (χ1n) is 9.87. The average Bonchev–Trinajstić information content (AvgIpc) is 2.82. The summed E-state index contributed by atoms with van der Waals surface area (Å²) >= 11 is 0. The van der Waals surface area contributed by atoms with Crippen molar-refractivity contribution in [1.29, 1.82) is 0 Å². The van der Waals surface area contributed by atoms with Gasteiger partial charge in [-0.15, -0.1) is 0 Å². The van der Waals surface area contributed by atoms with E-state index in [0.717, 1.165) is 5.56 Å². The number of esters is 1. The van der Waals surface area contributed by atoms with Gasteiger partial charge in [0.05, 0.1) is 27.8 Å². The molecule has 1 N–H and O–H groups in total. The number of nitrogens with one attached hydrogen (secondary N) is 1. The van der Waals surface area contributed by atoms with Gasteiger partial charge in [-0.2, -0.15) is 0 Å². The molecule has 0 saturated heterocycles. The van der Waals surface area contributed by atoms with Crippen LogP contribution in [0.4, 0.5) is 4.79 Å². The predicted molar refractivity (Wildman–Crippen MR) is 116 cm³/mol. The third kappa shape index (κ3) is 7.19. The molecular weight excluding hydrogens is 416 g/mol. The smallest absolute Gasteiger partial charge is 0.408 e. The molecule has 0 fully saturated rings. The number of hydrogen-bond donors (Lipinski definition) is 1. The van der Waals surface area contributed by atoms with Gasteiger partial charge in [-0.1, -0.05) is 30.3 Å². The number of amides is 2. The SMILES string of the molecule is COC(=O)C[C@H](NC(=O)OCc1ccccc1)C(=O)N(C)Cc1cc(OC)ccc1OC. The molecule has 2 aromatic rings. The van der Waals surface area contributed by atoms with Crippen molar-refractivity contribution in [2.45, 2.75) is 25.6 Å². The van der Waals surface area contributed by atoms with Crippen molar-refractivity contribution in [2.24, 2.45) is 0 Å². The van der Waals surface area contributed by atoms with Gasteiger partial charge in [-0.05, 0) is 23.8 Å². The molecular formula is C23H28N2O7. The summed E-state index contributed by atoms with van der Waals surface area (Å²) in [7, 11) is 5.83. The molecule has 0 spiro atoms. The van der Waals surface area contributed by atoms with Crippen molar-refractivity contribution < 1.29 is 33.3 Å². The molecule has 2 amide bonds. The molecule has 0 aromatic heterocycles. The molecule has 9 nitrogen and oxygen atoms in total. The number of rotatable bonds is 10. The van der Waals surface area contributed by atoms with E-state index in [2.05, 4.69) is 10.1 Å². The lowest BCUT2D eigenvalue weighted by Gasteiger charge is -2.24. The number of benzene rings is 2. The molecule has 9 heteroatoms.